The van der Waals surface area contributed by atoms with Crippen LogP contribution in [0.5, 0.6) is 0 Å². The standard InChI is InChI=1S/C14H18Cl2N2S/c1-9(8-19-3)7-18-13-5-4-11(16)6-12(13)17-14(18)10(2)15/h4-6,9-10H,7-8H2,1-3H3. The van der Waals surface area contributed by atoms with Gasteiger partial charge in [0.15, 0.2) is 0 Å². The van der Waals surface area contributed by atoms with E-state index in [1.807, 2.05) is 36.9 Å². The zero-order valence-corrected chi connectivity index (χ0v) is 13.7. The largest absolute Gasteiger partial charge is 0.326 e. The molecule has 0 aliphatic rings. The van der Waals surface area contributed by atoms with Crippen molar-refractivity contribution >= 4 is 46.0 Å². The predicted octanol–water partition coefficient (Wildman–Crippen LogP) is 4.99. The molecule has 0 fully saturated rings. The van der Waals surface area contributed by atoms with Crippen LogP contribution in [0.25, 0.3) is 11.0 Å². The second kappa shape index (κ2) is 6.38. The van der Waals surface area contributed by atoms with Crippen LogP contribution in [0.3, 0.4) is 0 Å². The van der Waals surface area contributed by atoms with E-state index >= 15 is 0 Å². The highest BCUT2D eigenvalue weighted by atomic mass is 35.5. The molecule has 0 bridgehead atoms. The van der Waals surface area contributed by atoms with Crippen molar-refractivity contribution in [3.05, 3.63) is 29.0 Å². The summed E-state index contributed by atoms with van der Waals surface area (Å²) in [5.74, 6) is 2.63. The number of rotatable bonds is 5. The Morgan fingerprint density at radius 2 is 2.11 bits per heavy atom. The summed E-state index contributed by atoms with van der Waals surface area (Å²) in [6.07, 6.45) is 2.13. The molecule has 2 nitrogen and oxygen atoms in total. The molecule has 2 atom stereocenters. The average Bonchev–Trinajstić information content (AvgIpc) is 2.67. The van der Waals surface area contributed by atoms with E-state index < -0.39 is 0 Å². The molecule has 1 aromatic carbocycles. The van der Waals surface area contributed by atoms with E-state index in [-0.39, 0.29) is 5.38 Å². The molecular weight excluding hydrogens is 299 g/mol. The Kier molecular flexibility index (Phi) is 5.04. The minimum atomic E-state index is -0.104. The number of nitrogens with zero attached hydrogens (tertiary/aromatic N) is 2. The molecule has 0 aliphatic carbocycles. The van der Waals surface area contributed by atoms with Gasteiger partial charge in [0.25, 0.3) is 0 Å². The normalized spacial score (nSPS) is 14.8. The molecular formula is C14H18Cl2N2S. The molecule has 2 unspecified atom stereocenters. The number of hydrogen-bond donors (Lipinski definition) is 0. The van der Waals surface area contributed by atoms with Crippen molar-refractivity contribution in [1.82, 2.24) is 9.55 Å². The molecule has 0 N–H and O–H groups in total. The Morgan fingerprint density at radius 3 is 2.74 bits per heavy atom. The first kappa shape index (κ1) is 15.0. The summed E-state index contributed by atoms with van der Waals surface area (Å²) in [4.78, 5) is 4.63. The maximum atomic E-state index is 6.26. The summed E-state index contributed by atoms with van der Waals surface area (Å²) in [5.41, 5.74) is 2.03. The summed E-state index contributed by atoms with van der Waals surface area (Å²) in [5, 5.41) is 0.607. The molecule has 2 aromatic rings. The Labute approximate surface area is 128 Å². The fourth-order valence-corrected chi connectivity index (χ4v) is 3.27. The van der Waals surface area contributed by atoms with E-state index in [1.54, 1.807) is 0 Å². The number of benzene rings is 1. The first-order valence-corrected chi connectivity index (χ1v) is 8.52. The van der Waals surface area contributed by atoms with Crippen LogP contribution >= 0.6 is 35.0 Å². The van der Waals surface area contributed by atoms with Gasteiger partial charge in [-0.2, -0.15) is 11.8 Å². The smallest absolute Gasteiger partial charge is 0.127 e. The Balaban J connectivity index is 2.46. The number of fused-ring (bicyclic) bond motifs is 1. The van der Waals surface area contributed by atoms with Gasteiger partial charge in [0.1, 0.15) is 5.82 Å². The summed E-state index contributed by atoms with van der Waals surface area (Å²) < 4.78 is 2.23. The lowest BCUT2D eigenvalue weighted by molar-refractivity contribution is 0.524. The number of halogens is 2. The summed E-state index contributed by atoms with van der Waals surface area (Å²) in [6.45, 7) is 5.15. The van der Waals surface area contributed by atoms with Crippen molar-refractivity contribution in [2.45, 2.75) is 25.8 Å². The number of aromatic nitrogens is 2. The van der Waals surface area contributed by atoms with Gasteiger partial charge in [-0.1, -0.05) is 18.5 Å². The van der Waals surface area contributed by atoms with E-state index in [0.29, 0.717) is 10.9 Å². The van der Waals surface area contributed by atoms with Crippen LogP contribution in [-0.4, -0.2) is 21.6 Å². The minimum absolute atomic E-state index is 0.104. The number of alkyl halides is 1. The average molecular weight is 317 g/mol. The molecule has 1 heterocycles. The topological polar surface area (TPSA) is 17.8 Å². The van der Waals surface area contributed by atoms with Gasteiger partial charge in [0.05, 0.1) is 16.4 Å². The van der Waals surface area contributed by atoms with Crippen molar-refractivity contribution in [3.8, 4) is 0 Å². The van der Waals surface area contributed by atoms with E-state index in [4.69, 9.17) is 23.2 Å². The lowest BCUT2D eigenvalue weighted by atomic mass is 10.2. The molecule has 1 aromatic heterocycles. The van der Waals surface area contributed by atoms with E-state index in [1.165, 1.54) is 0 Å². The van der Waals surface area contributed by atoms with E-state index in [0.717, 1.165) is 29.2 Å². The molecule has 0 amide bonds. The molecule has 19 heavy (non-hydrogen) atoms. The van der Waals surface area contributed by atoms with Gasteiger partial charge < -0.3 is 4.57 Å². The third-order valence-electron chi connectivity index (χ3n) is 3.04. The first-order chi connectivity index (χ1) is 9.02. The SMILES string of the molecule is CSCC(C)Cn1c(C(C)Cl)nc2cc(Cl)ccc21. The second-order valence-corrected chi connectivity index (χ2v) is 6.89. The van der Waals surface area contributed by atoms with Crippen molar-refractivity contribution in [2.24, 2.45) is 5.92 Å². The third kappa shape index (κ3) is 3.39. The molecule has 0 saturated heterocycles. The molecule has 0 aliphatic heterocycles. The number of thioether (sulfide) groups is 1. The maximum Gasteiger partial charge on any atom is 0.127 e. The molecule has 0 spiro atoms. The highest BCUT2D eigenvalue weighted by molar-refractivity contribution is 7.98. The van der Waals surface area contributed by atoms with Crippen LogP contribution < -0.4 is 0 Å². The molecule has 104 valence electrons. The van der Waals surface area contributed by atoms with Crippen LogP contribution in [-0.2, 0) is 6.54 Å². The number of hydrogen-bond acceptors (Lipinski definition) is 2. The lowest BCUT2D eigenvalue weighted by Gasteiger charge is -2.15. The van der Waals surface area contributed by atoms with Gasteiger partial charge in [0, 0.05) is 11.6 Å². The van der Waals surface area contributed by atoms with Crippen molar-refractivity contribution < 1.29 is 0 Å². The summed E-state index contributed by atoms with van der Waals surface area (Å²) >= 11 is 14.2. The molecule has 5 heteroatoms. The number of imidazole rings is 1. The van der Waals surface area contributed by atoms with Crippen molar-refractivity contribution in [1.29, 1.82) is 0 Å². The van der Waals surface area contributed by atoms with Crippen molar-refractivity contribution in [2.75, 3.05) is 12.0 Å². The van der Waals surface area contributed by atoms with Gasteiger partial charge in [-0.25, -0.2) is 4.98 Å². The van der Waals surface area contributed by atoms with Crippen LogP contribution in [0.2, 0.25) is 5.02 Å². The van der Waals surface area contributed by atoms with Crippen LogP contribution in [0.15, 0.2) is 18.2 Å². The van der Waals surface area contributed by atoms with Crippen LogP contribution in [0.1, 0.15) is 25.0 Å². The Morgan fingerprint density at radius 1 is 1.37 bits per heavy atom. The van der Waals surface area contributed by atoms with Gasteiger partial charge in [0.2, 0.25) is 0 Å². The second-order valence-electron chi connectivity index (χ2n) is 4.89. The Bertz CT molecular complexity index is 566. The maximum absolute atomic E-state index is 6.26. The molecule has 0 radical (unpaired) electrons. The first-order valence-electron chi connectivity index (χ1n) is 6.31. The van der Waals surface area contributed by atoms with Gasteiger partial charge in [-0.05, 0) is 43.0 Å². The zero-order chi connectivity index (χ0) is 14.0. The van der Waals surface area contributed by atoms with Crippen molar-refractivity contribution in [3.63, 3.8) is 0 Å². The predicted molar refractivity (Wildman–Crippen MR) is 86.6 cm³/mol. The van der Waals surface area contributed by atoms with Gasteiger partial charge in [-0.3, -0.25) is 0 Å². The molecule has 2 rings (SSSR count). The fourth-order valence-electron chi connectivity index (χ4n) is 2.27. The lowest BCUT2D eigenvalue weighted by Crippen LogP contribution is -2.13. The van der Waals surface area contributed by atoms with E-state index in [2.05, 4.69) is 22.7 Å². The Hall–Kier alpha value is -0.380. The highest BCUT2D eigenvalue weighted by Gasteiger charge is 2.16. The molecule has 0 saturated carbocycles. The van der Waals surface area contributed by atoms with Crippen LogP contribution in [0, 0.1) is 5.92 Å². The minimum Gasteiger partial charge on any atom is -0.326 e. The zero-order valence-electron chi connectivity index (χ0n) is 11.4. The third-order valence-corrected chi connectivity index (χ3v) is 4.37. The van der Waals surface area contributed by atoms with Gasteiger partial charge >= 0.3 is 0 Å². The van der Waals surface area contributed by atoms with E-state index in [9.17, 15) is 0 Å². The summed E-state index contributed by atoms with van der Waals surface area (Å²) in [7, 11) is 0. The monoisotopic (exact) mass is 316 g/mol. The summed E-state index contributed by atoms with van der Waals surface area (Å²) in [6, 6.07) is 5.83. The van der Waals surface area contributed by atoms with Gasteiger partial charge in [-0.15, -0.1) is 11.6 Å². The fraction of sp³-hybridized carbons (Fsp3) is 0.500. The quantitative estimate of drug-likeness (QED) is 0.723. The highest BCUT2D eigenvalue weighted by Crippen LogP contribution is 2.27. The van der Waals surface area contributed by atoms with Crippen LogP contribution in [0.4, 0.5) is 0 Å².